The number of amides is 2. The number of hydrogen-bond acceptors (Lipinski definition) is 4. The lowest BCUT2D eigenvalue weighted by atomic mass is 9.98. The summed E-state index contributed by atoms with van der Waals surface area (Å²) in [7, 11) is 0. The van der Waals surface area contributed by atoms with Crippen molar-refractivity contribution in [3.8, 4) is 11.1 Å². The number of carbonyl (C=O) groups is 3. The molecular weight excluding hydrogens is 422 g/mol. The van der Waals surface area contributed by atoms with Crippen molar-refractivity contribution >= 4 is 18.0 Å². The van der Waals surface area contributed by atoms with E-state index in [1.807, 2.05) is 53.8 Å². The highest BCUT2D eigenvalue weighted by Crippen LogP contribution is 2.44. The van der Waals surface area contributed by atoms with Crippen molar-refractivity contribution in [3.05, 3.63) is 59.7 Å². The van der Waals surface area contributed by atoms with E-state index in [0.717, 1.165) is 22.3 Å². The molecule has 2 aromatic rings. The monoisotopic (exact) mass is 446 g/mol. The SMILES string of the molecule is CC(CNC(=O)OCC1c2ccccc2-c2ccccc21)CC(=O)NCC(F)(F)C(=O)O. The van der Waals surface area contributed by atoms with Crippen molar-refractivity contribution < 1.29 is 33.0 Å². The number of carboxylic acid groups (broad SMARTS) is 1. The Kier molecular flexibility index (Phi) is 7.07. The molecule has 32 heavy (non-hydrogen) atoms. The van der Waals surface area contributed by atoms with Crippen LogP contribution in [0.5, 0.6) is 0 Å². The first kappa shape index (κ1) is 23.2. The van der Waals surface area contributed by atoms with Crippen molar-refractivity contribution in [1.82, 2.24) is 10.6 Å². The van der Waals surface area contributed by atoms with Gasteiger partial charge < -0.3 is 20.5 Å². The van der Waals surface area contributed by atoms with E-state index in [9.17, 15) is 23.2 Å². The van der Waals surface area contributed by atoms with Crippen LogP contribution in [0.25, 0.3) is 11.1 Å². The van der Waals surface area contributed by atoms with Crippen LogP contribution in [0.4, 0.5) is 13.6 Å². The minimum Gasteiger partial charge on any atom is -0.477 e. The second kappa shape index (κ2) is 9.76. The zero-order valence-electron chi connectivity index (χ0n) is 17.4. The summed E-state index contributed by atoms with van der Waals surface area (Å²) in [5.74, 6) is -7.50. The van der Waals surface area contributed by atoms with Gasteiger partial charge >= 0.3 is 18.0 Å². The van der Waals surface area contributed by atoms with Crippen LogP contribution in [0, 0.1) is 5.92 Å². The molecule has 7 nitrogen and oxygen atoms in total. The second-order valence-corrected chi connectivity index (χ2v) is 7.80. The Hall–Kier alpha value is -3.49. The number of ether oxygens (including phenoxy) is 1. The third kappa shape index (κ3) is 5.40. The molecule has 0 aliphatic heterocycles. The lowest BCUT2D eigenvalue weighted by Gasteiger charge is -2.17. The molecule has 2 amide bonds. The summed E-state index contributed by atoms with van der Waals surface area (Å²) in [6, 6.07) is 15.9. The molecule has 0 radical (unpaired) electrons. The molecule has 0 fully saturated rings. The molecule has 0 bridgehead atoms. The van der Waals surface area contributed by atoms with Crippen LogP contribution in [-0.4, -0.2) is 48.7 Å². The van der Waals surface area contributed by atoms with Crippen molar-refractivity contribution in [2.45, 2.75) is 25.2 Å². The van der Waals surface area contributed by atoms with Gasteiger partial charge in [-0.15, -0.1) is 0 Å². The number of halogens is 2. The maximum absolute atomic E-state index is 13.0. The number of alkyl halides is 2. The number of aliphatic carboxylic acids is 1. The van der Waals surface area contributed by atoms with E-state index in [1.165, 1.54) is 0 Å². The summed E-state index contributed by atoms with van der Waals surface area (Å²) in [5, 5.41) is 12.8. The summed E-state index contributed by atoms with van der Waals surface area (Å²) in [5.41, 5.74) is 4.41. The fraction of sp³-hybridized carbons (Fsp3) is 0.348. The van der Waals surface area contributed by atoms with E-state index < -0.39 is 30.4 Å². The van der Waals surface area contributed by atoms with E-state index in [-0.39, 0.29) is 31.4 Å². The Labute approximate surface area is 183 Å². The maximum atomic E-state index is 13.0. The van der Waals surface area contributed by atoms with Crippen molar-refractivity contribution in [2.24, 2.45) is 5.92 Å². The molecule has 0 heterocycles. The Morgan fingerprint density at radius 1 is 1.03 bits per heavy atom. The molecule has 3 rings (SSSR count). The first-order valence-electron chi connectivity index (χ1n) is 10.2. The average Bonchev–Trinajstić information content (AvgIpc) is 3.08. The molecule has 0 saturated carbocycles. The molecule has 170 valence electrons. The molecule has 3 N–H and O–H groups in total. The predicted octanol–water partition coefficient (Wildman–Crippen LogP) is 3.39. The molecule has 1 atom stereocenters. The molecule has 0 spiro atoms. The van der Waals surface area contributed by atoms with Gasteiger partial charge in [-0.05, 0) is 28.2 Å². The lowest BCUT2D eigenvalue weighted by molar-refractivity contribution is -0.164. The van der Waals surface area contributed by atoms with Crippen molar-refractivity contribution in [3.63, 3.8) is 0 Å². The summed E-state index contributed by atoms with van der Waals surface area (Å²) in [6.45, 7) is 0.616. The third-order valence-electron chi connectivity index (χ3n) is 5.29. The lowest BCUT2D eigenvalue weighted by Crippen LogP contribution is -2.42. The van der Waals surface area contributed by atoms with Gasteiger partial charge in [-0.1, -0.05) is 55.5 Å². The summed E-state index contributed by atoms with van der Waals surface area (Å²) in [6.07, 6.45) is -0.796. The number of hydrogen-bond donors (Lipinski definition) is 3. The molecule has 9 heteroatoms. The summed E-state index contributed by atoms with van der Waals surface area (Å²) in [4.78, 5) is 34.2. The van der Waals surface area contributed by atoms with Gasteiger partial charge in [-0.25, -0.2) is 9.59 Å². The van der Waals surface area contributed by atoms with Gasteiger partial charge in [0, 0.05) is 18.9 Å². The Morgan fingerprint density at radius 2 is 1.59 bits per heavy atom. The Morgan fingerprint density at radius 3 is 2.16 bits per heavy atom. The minimum absolute atomic E-state index is 0.0766. The van der Waals surface area contributed by atoms with E-state index >= 15 is 0 Å². The third-order valence-corrected chi connectivity index (χ3v) is 5.29. The van der Waals surface area contributed by atoms with Crippen LogP contribution >= 0.6 is 0 Å². The van der Waals surface area contributed by atoms with Crippen LogP contribution in [0.1, 0.15) is 30.4 Å². The zero-order valence-corrected chi connectivity index (χ0v) is 17.4. The summed E-state index contributed by atoms with van der Waals surface area (Å²) >= 11 is 0. The average molecular weight is 446 g/mol. The van der Waals surface area contributed by atoms with Gasteiger partial charge in [0.1, 0.15) is 6.61 Å². The fourth-order valence-corrected chi connectivity index (χ4v) is 3.65. The van der Waals surface area contributed by atoms with E-state index in [2.05, 4.69) is 5.32 Å². The van der Waals surface area contributed by atoms with Gasteiger partial charge in [0.25, 0.3) is 0 Å². The van der Waals surface area contributed by atoms with E-state index in [4.69, 9.17) is 9.84 Å². The minimum atomic E-state index is -4.03. The highest BCUT2D eigenvalue weighted by Gasteiger charge is 2.39. The first-order chi connectivity index (χ1) is 15.2. The fourth-order valence-electron chi connectivity index (χ4n) is 3.65. The quantitative estimate of drug-likeness (QED) is 0.548. The van der Waals surface area contributed by atoms with Crippen LogP contribution in [-0.2, 0) is 14.3 Å². The van der Waals surface area contributed by atoms with Crippen LogP contribution in [0.3, 0.4) is 0 Å². The van der Waals surface area contributed by atoms with Crippen LogP contribution in [0.15, 0.2) is 48.5 Å². The standard InChI is InChI=1S/C23H24F2N2O5/c1-14(10-20(28)27-13-23(24,25)21(29)30)11-26-22(31)32-12-19-17-8-4-2-6-15(17)16-7-3-5-9-18(16)19/h2-9,14,19H,10-13H2,1H3,(H,26,31)(H,27,28)(H,29,30). The molecule has 0 aromatic heterocycles. The van der Waals surface area contributed by atoms with Crippen molar-refractivity contribution in [2.75, 3.05) is 19.7 Å². The number of rotatable bonds is 9. The van der Waals surface area contributed by atoms with Crippen molar-refractivity contribution in [1.29, 1.82) is 0 Å². The van der Waals surface area contributed by atoms with Gasteiger partial charge in [0.15, 0.2) is 0 Å². The van der Waals surface area contributed by atoms with Crippen LogP contribution < -0.4 is 10.6 Å². The summed E-state index contributed by atoms with van der Waals surface area (Å²) < 4.78 is 31.4. The molecular formula is C23H24F2N2O5. The van der Waals surface area contributed by atoms with Gasteiger partial charge in [0.2, 0.25) is 5.91 Å². The first-order valence-corrected chi connectivity index (χ1v) is 10.2. The predicted molar refractivity (Wildman–Crippen MR) is 112 cm³/mol. The second-order valence-electron chi connectivity index (χ2n) is 7.80. The number of carboxylic acids is 1. The number of carbonyl (C=O) groups excluding carboxylic acids is 2. The van der Waals surface area contributed by atoms with E-state index in [0.29, 0.717) is 0 Å². The molecule has 0 saturated heterocycles. The maximum Gasteiger partial charge on any atom is 0.407 e. The Balaban J connectivity index is 1.45. The molecule has 2 aromatic carbocycles. The largest absolute Gasteiger partial charge is 0.477 e. The molecule has 1 unspecified atom stereocenters. The topological polar surface area (TPSA) is 105 Å². The smallest absolute Gasteiger partial charge is 0.407 e. The number of alkyl carbamates (subject to hydrolysis) is 1. The highest BCUT2D eigenvalue weighted by molar-refractivity contribution is 5.80. The number of benzene rings is 2. The van der Waals surface area contributed by atoms with Gasteiger partial charge in [-0.2, -0.15) is 8.78 Å². The molecule has 1 aliphatic carbocycles. The highest BCUT2D eigenvalue weighted by atomic mass is 19.3. The van der Waals surface area contributed by atoms with Gasteiger partial charge in [0.05, 0.1) is 6.54 Å². The number of nitrogens with one attached hydrogen (secondary N) is 2. The number of fused-ring (bicyclic) bond motifs is 3. The van der Waals surface area contributed by atoms with E-state index in [1.54, 1.807) is 6.92 Å². The van der Waals surface area contributed by atoms with Crippen LogP contribution in [0.2, 0.25) is 0 Å². The van der Waals surface area contributed by atoms with Gasteiger partial charge in [-0.3, -0.25) is 4.79 Å². The normalized spacial score (nSPS) is 13.6. The molecule has 1 aliphatic rings. The zero-order chi connectivity index (χ0) is 23.3. The Bertz CT molecular complexity index is 966.